The number of nitrogens with zero attached hydrogens (tertiary/aromatic N) is 2. The highest BCUT2D eigenvalue weighted by atomic mass is 15.1. The molecule has 0 spiro atoms. The smallest absolute Gasteiger partial charge is 0.0541 e. The summed E-state index contributed by atoms with van der Waals surface area (Å²) in [6.45, 7) is 9.93. The molecule has 3 nitrogen and oxygen atoms in total. The minimum atomic E-state index is 0.868. The number of pyridine rings is 1. The van der Waals surface area contributed by atoms with Gasteiger partial charge in [-0.1, -0.05) is 19.9 Å². The molecule has 0 atom stereocenters. The summed E-state index contributed by atoms with van der Waals surface area (Å²) in [7, 11) is 0. The Labute approximate surface area is 105 Å². The van der Waals surface area contributed by atoms with Gasteiger partial charge in [0.1, 0.15) is 0 Å². The second kappa shape index (κ2) is 9.14. The molecule has 0 saturated heterocycles. The van der Waals surface area contributed by atoms with E-state index in [4.69, 9.17) is 0 Å². The molecule has 96 valence electrons. The van der Waals surface area contributed by atoms with Crippen LogP contribution in [0.1, 0.15) is 32.4 Å². The van der Waals surface area contributed by atoms with Crippen LogP contribution in [0, 0.1) is 0 Å². The van der Waals surface area contributed by atoms with Crippen LogP contribution < -0.4 is 5.32 Å². The van der Waals surface area contributed by atoms with Gasteiger partial charge in [-0.3, -0.25) is 4.98 Å². The number of nitrogens with one attached hydrogen (secondary N) is 1. The van der Waals surface area contributed by atoms with Crippen molar-refractivity contribution in [3.8, 4) is 0 Å². The Morgan fingerprint density at radius 2 is 1.88 bits per heavy atom. The van der Waals surface area contributed by atoms with Crippen molar-refractivity contribution in [3.05, 3.63) is 30.1 Å². The van der Waals surface area contributed by atoms with Gasteiger partial charge >= 0.3 is 0 Å². The Bertz CT molecular complexity index is 268. The van der Waals surface area contributed by atoms with E-state index < -0.39 is 0 Å². The van der Waals surface area contributed by atoms with E-state index in [9.17, 15) is 0 Å². The lowest BCUT2D eigenvalue weighted by atomic mass is 10.3. The van der Waals surface area contributed by atoms with E-state index in [1.807, 2.05) is 18.3 Å². The van der Waals surface area contributed by atoms with Gasteiger partial charge in [0.2, 0.25) is 0 Å². The minimum Gasteiger partial charge on any atom is -0.310 e. The normalized spacial score (nSPS) is 11.0. The van der Waals surface area contributed by atoms with Gasteiger partial charge in [-0.2, -0.15) is 0 Å². The van der Waals surface area contributed by atoms with Crippen molar-refractivity contribution >= 4 is 0 Å². The van der Waals surface area contributed by atoms with E-state index in [-0.39, 0.29) is 0 Å². The van der Waals surface area contributed by atoms with Crippen LogP contribution in [-0.4, -0.2) is 36.1 Å². The highest BCUT2D eigenvalue weighted by Crippen LogP contribution is 1.94. The Morgan fingerprint density at radius 3 is 2.47 bits per heavy atom. The summed E-state index contributed by atoms with van der Waals surface area (Å²) >= 11 is 0. The molecule has 1 aromatic heterocycles. The molecule has 17 heavy (non-hydrogen) atoms. The molecular formula is C14H25N3. The lowest BCUT2D eigenvalue weighted by molar-refractivity contribution is 0.274. The highest BCUT2D eigenvalue weighted by molar-refractivity contribution is 5.02. The third kappa shape index (κ3) is 6.39. The van der Waals surface area contributed by atoms with E-state index in [0.717, 1.165) is 25.3 Å². The molecule has 1 N–H and O–H groups in total. The second-order valence-corrected chi connectivity index (χ2v) is 4.34. The first-order chi connectivity index (χ1) is 8.36. The van der Waals surface area contributed by atoms with Gasteiger partial charge in [0, 0.05) is 25.8 Å². The maximum atomic E-state index is 4.29. The van der Waals surface area contributed by atoms with Gasteiger partial charge in [-0.25, -0.2) is 0 Å². The molecule has 0 unspecified atom stereocenters. The zero-order valence-electron chi connectivity index (χ0n) is 11.2. The van der Waals surface area contributed by atoms with Gasteiger partial charge in [0.25, 0.3) is 0 Å². The Kier molecular flexibility index (Phi) is 7.60. The van der Waals surface area contributed by atoms with Crippen molar-refractivity contribution in [2.24, 2.45) is 0 Å². The van der Waals surface area contributed by atoms with Crippen LogP contribution in [-0.2, 0) is 6.54 Å². The van der Waals surface area contributed by atoms with Gasteiger partial charge < -0.3 is 10.2 Å². The molecule has 0 aliphatic heterocycles. The van der Waals surface area contributed by atoms with Crippen LogP contribution in [0.25, 0.3) is 0 Å². The molecule has 1 rings (SSSR count). The molecule has 0 amide bonds. The Hall–Kier alpha value is -0.930. The predicted octanol–water partition coefficient (Wildman–Crippen LogP) is 2.29. The SMILES string of the molecule is CCCN(CCC)CCNCc1ccccn1. The van der Waals surface area contributed by atoms with Crippen LogP contribution in [0.15, 0.2) is 24.4 Å². The molecule has 0 saturated carbocycles. The van der Waals surface area contributed by atoms with Gasteiger partial charge in [-0.05, 0) is 38.1 Å². The lowest BCUT2D eigenvalue weighted by Gasteiger charge is -2.20. The van der Waals surface area contributed by atoms with Crippen molar-refractivity contribution < 1.29 is 0 Å². The summed E-state index contributed by atoms with van der Waals surface area (Å²) in [6, 6.07) is 6.04. The summed E-state index contributed by atoms with van der Waals surface area (Å²) < 4.78 is 0. The van der Waals surface area contributed by atoms with Crippen molar-refractivity contribution in [1.82, 2.24) is 15.2 Å². The van der Waals surface area contributed by atoms with Gasteiger partial charge in [0.05, 0.1) is 5.69 Å². The summed E-state index contributed by atoms with van der Waals surface area (Å²) in [5, 5.41) is 3.44. The summed E-state index contributed by atoms with van der Waals surface area (Å²) in [6.07, 6.45) is 4.32. The number of rotatable bonds is 9. The fraction of sp³-hybridized carbons (Fsp3) is 0.643. The molecule has 0 bridgehead atoms. The fourth-order valence-corrected chi connectivity index (χ4v) is 1.92. The summed E-state index contributed by atoms with van der Waals surface area (Å²) in [5.41, 5.74) is 1.12. The average molecular weight is 235 g/mol. The van der Waals surface area contributed by atoms with Crippen molar-refractivity contribution in [3.63, 3.8) is 0 Å². The Morgan fingerprint density at radius 1 is 1.12 bits per heavy atom. The van der Waals surface area contributed by atoms with Gasteiger partial charge in [0.15, 0.2) is 0 Å². The highest BCUT2D eigenvalue weighted by Gasteiger charge is 2.01. The van der Waals surface area contributed by atoms with Crippen LogP contribution in [0.5, 0.6) is 0 Å². The molecule has 0 aromatic carbocycles. The molecule has 0 aliphatic rings. The first-order valence-electron chi connectivity index (χ1n) is 6.69. The fourth-order valence-electron chi connectivity index (χ4n) is 1.92. The van der Waals surface area contributed by atoms with Crippen molar-refractivity contribution in [2.45, 2.75) is 33.2 Å². The predicted molar refractivity (Wildman–Crippen MR) is 73.0 cm³/mol. The quantitative estimate of drug-likeness (QED) is 0.666. The van der Waals surface area contributed by atoms with Crippen molar-refractivity contribution in [1.29, 1.82) is 0 Å². The standard InChI is InChI=1S/C14H25N3/c1-3-10-17(11-4-2)12-9-15-13-14-7-5-6-8-16-14/h5-8,15H,3-4,9-13H2,1-2H3. The van der Waals surface area contributed by atoms with Crippen molar-refractivity contribution in [2.75, 3.05) is 26.2 Å². The van der Waals surface area contributed by atoms with Crippen LogP contribution in [0.3, 0.4) is 0 Å². The maximum absolute atomic E-state index is 4.29. The first-order valence-corrected chi connectivity index (χ1v) is 6.69. The van der Waals surface area contributed by atoms with Crippen LogP contribution >= 0.6 is 0 Å². The average Bonchev–Trinajstić information content (AvgIpc) is 2.36. The number of aromatic nitrogens is 1. The molecule has 1 aromatic rings. The van der Waals surface area contributed by atoms with E-state index in [0.29, 0.717) is 0 Å². The molecule has 3 heteroatoms. The zero-order valence-corrected chi connectivity index (χ0v) is 11.2. The largest absolute Gasteiger partial charge is 0.310 e. The molecule has 0 fully saturated rings. The number of hydrogen-bond donors (Lipinski definition) is 1. The topological polar surface area (TPSA) is 28.2 Å². The second-order valence-electron chi connectivity index (χ2n) is 4.34. The molecule has 1 heterocycles. The van der Waals surface area contributed by atoms with E-state index >= 15 is 0 Å². The zero-order chi connectivity index (χ0) is 12.3. The first kappa shape index (κ1) is 14.1. The van der Waals surface area contributed by atoms with Crippen LogP contribution in [0.2, 0.25) is 0 Å². The van der Waals surface area contributed by atoms with E-state index in [1.54, 1.807) is 0 Å². The lowest BCUT2D eigenvalue weighted by Crippen LogP contribution is -2.33. The molecular weight excluding hydrogens is 210 g/mol. The summed E-state index contributed by atoms with van der Waals surface area (Å²) in [4.78, 5) is 6.81. The Balaban J connectivity index is 2.13. The third-order valence-electron chi connectivity index (χ3n) is 2.72. The van der Waals surface area contributed by atoms with Crippen LogP contribution in [0.4, 0.5) is 0 Å². The number of hydrogen-bond acceptors (Lipinski definition) is 3. The van der Waals surface area contributed by atoms with E-state index in [2.05, 4.69) is 35.1 Å². The monoisotopic (exact) mass is 235 g/mol. The molecule has 0 radical (unpaired) electrons. The minimum absolute atomic E-state index is 0.868. The molecule has 0 aliphatic carbocycles. The summed E-state index contributed by atoms with van der Waals surface area (Å²) in [5.74, 6) is 0. The van der Waals surface area contributed by atoms with E-state index in [1.165, 1.54) is 25.9 Å². The maximum Gasteiger partial charge on any atom is 0.0541 e. The van der Waals surface area contributed by atoms with Gasteiger partial charge in [-0.15, -0.1) is 0 Å². The third-order valence-corrected chi connectivity index (χ3v) is 2.72.